The number of aryl methyl sites for hydroxylation is 2. The summed E-state index contributed by atoms with van der Waals surface area (Å²) in [7, 11) is 0. The molecule has 0 spiro atoms. The number of nitrogens with zero attached hydrogens (tertiary/aromatic N) is 1. The molecule has 1 amide bonds. The number of nitrogens with one attached hydrogen (secondary N) is 1. The summed E-state index contributed by atoms with van der Waals surface area (Å²) in [5.74, 6) is -0.588. The van der Waals surface area contributed by atoms with E-state index in [2.05, 4.69) is 5.32 Å². The van der Waals surface area contributed by atoms with Crippen LogP contribution < -0.4 is 10.1 Å². The molecule has 6 nitrogen and oxygen atoms in total. The van der Waals surface area contributed by atoms with Crippen LogP contribution in [0, 0.1) is 11.3 Å². The molecule has 1 aliphatic rings. The zero-order valence-corrected chi connectivity index (χ0v) is 17.1. The second-order valence-electron chi connectivity index (χ2n) is 7.05. The first kappa shape index (κ1) is 21.1. The Kier molecular flexibility index (Phi) is 6.87. The highest BCUT2D eigenvalue weighted by atomic mass is 16.5. The molecule has 1 atom stereocenters. The standard InChI is InChI=1S/C24H24N2O4/c1-3-29-22-11-7-17(8-12-22)13-20(15-25)24(28)30-16(2)23(27)26-21-10-9-18-5-4-6-19(18)14-21/h7-14,16H,3-6H2,1-2H3,(H,26,27)/b20-13+/t16-/m0/s1. The third kappa shape index (κ3) is 5.26. The number of hydrogen-bond donors (Lipinski definition) is 1. The Morgan fingerprint density at radius 3 is 2.60 bits per heavy atom. The third-order valence-electron chi connectivity index (χ3n) is 4.86. The maximum atomic E-state index is 12.4. The van der Waals surface area contributed by atoms with Gasteiger partial charge in [-0.1, -0.05) is 18.2 Å². The normalized spacial score (nSPS) is 13.7. The molecule has 0 heterocycles. The van der Waals surface area contributed by atoms with Crippen molar-refractivity contribution in [3.63, 3.8) is 0 Å². The van der Waals surface area contributed by atoms with Crippen LogP contribution in [0.1, 0.15) is 37.0 Å². The Bertz CT molecular complexity index is 1000. The Hall–Kier alpha value is -3.59. The second kappa shape index (κ2) is 9.75. The average Bonchev–Trinajstić information content (AvgIpc) is 3.21. The minimum absolute atomic E-state index is 0.184. The molecule has 3 rings (SSSR count). The highest BCUT2D eigenvalue weighted by Gasteiger charge is 2.21. The molecule has 2 aromatic rings. The predicted molar refractivity (Wildman–Crippen MR) is 114 cm³/mol. The van der Waals surface area contributed by atoms with Gasteiger partial charge in [-0.15, -0.1) is 0 Å². The van der Waals surface area contributed by atoms with Gasteiger partial charge in [0.25, 0.3) is 5.91 Å². The van der Waals surface area contributed by atoms with Crippen LogP contribution in [0.5, 0.6) is 5.75 Å². The van der Waals surface area contributed by atoms with E-state index in [-0.39, 0.29) is 5.57 Å². The first-order valence-corrected chi connectivity index (χ1v) is 9.98. The van der Waals surface area contributed by atoms with Gasteiger partial charge in [0, 0.05) is 5.69 Å². The van der Waals surface area contributed by atoms with Gasteiger partial charge in [-0.25, -0.2) is 4.79 Å². The third-order valence-corrected chi connectivity index (χ3v) is 4.86. The lowest BCUT2D eigenvalue weighted by molar-refractivity contribution is -0.148. The van der Waals surface area contributed by atoms with Gasteiger partial charge in [0.15, 0.2) is 6.10 Å². The van der Waals surface area contributed by atoms with E-state index in [1.807, 2.05) is 31.2 Å². The summed E-state index contributed by atoms with van der Waals surface area (Å²) in [6.07, 6.45) is 3.57. The van der Waals surface area contributed by atoms with Crippen LogP contribution in [0.2, 0.25) is 0 Å². The van der Waals surface area contributed by atoms with Crippen molar-refractivity contribution in [2.75, 3.05) is 11.9 Å². The number of rotatable bonds is 7. The van der Waals surface area contributed by atoms with Crippen LogP contribution in [0.25, 0.3) is 6.08 Å². The molecule has 0 bridgehead atoms. The molecule has 0 saturated carbocycles. The lowest BCUT2D eigenvalue weighted by atomic mass is 10.1. The van der Waals surface area contributed by atoms with E-state index in [1.165, 1.54) is 24.1 Å². The molecular weight excluding hydrogens is 380 g/mol. The van der Waals surface area contributed by atoms with Crippen LogP contribution in [0.4, 0.5) is 5.69 Å². The van der Waals surface area contributed by atoms with Gasteiger partial charge in [-0.2, -0.15) is 5.26 Å². The van der Waals surface area contributed by atoms with Crippen molar-refractivity contribution in [3.8, 4) is 11.8 Å². The Labute approximate surface area is 176 Å². The number of anilines is 1. The van der Waals surface area contributed by atoms with Gasteiger partial charge in [-0.3, -0.25) is 4.79 Å². The molecule has 30 heavy (non-hydrogen) atoms. The SMILES string of the molecule is CCOc1ccc(/C=C(\C#N)C(=O)O[C@@H](C)C(=O)Nc2ccc3c(c2)CCC3)cc1. The van der Waals surface area contributed by atoms with Crippen molar-refractivity contribution in [1.82, 2.24) is 0 Å². The van der Waals surface area contributed by atoms with Crippen molar-refractivity contribution >= 4 is 23.6 Å². The van der Waals surface area contributed by atoms with E-state index in [4.69, 9.17) is 9.47 Å². The van der Waals surface area contributed by atoms with Crippen LogP contribution >= 0.6 is 0 Å². The van der Waals surface area contributed by atoms with E-state index < -0.39 is 18.0 Å². The zero-order chi connectivity index (χ0) is 21.5. The monoisotopic (exact) mass is 404 g/mol. The van der Waals surface area contributed by atoms with E-state index in [1.54, 1.807) is 24.3 Å². The van der Waals surface area contributed by atoms with Gasteiger partial charge < -0.3 is 14.8 Å². The van der Waals surface area contributed by atoms with Crippen molar-refractivity contribution < 1.29 is 19.1 Å². The predicted octanol–water partition coefficient (Wildman–Crippen LogP) is 4.05. The van der Waals surface area contributed by atoms with Gasteiger partial charge in [0.2, 0.25) is 0 Å². The summed E-state index contributed by atoms with van der Waals surface area (Å²) in [5.41, 5.74) is 3.69. The van der Waals surface area contributed by atoms with Crippen LogP contribution in [-0.4, -0.2) is 24.6 Å². The molecule has 0 aromatic heterocycles. The molecule has 0 saturated heterocycles. The topological polar surface area (TPSA) is 88.4 Å². The molecular formula is C24H24N2O4. The smallest absolute Gasteiger partial charge is 0.349 e. The lowest BCUT2D eigenvalue weighted by Gasteiger charge is -2.14. The second-order valence-corrected chi connectivity index (χ2v) is 7.05. The fraction of sp³-hybridized carbons (Fsp3) is 0.292. The molecule has 1 aliphatic carbocycles. The molecule has 6 heteroatoms. The van der Waals surface area contributed by atoms with Gasteiger partial charge in [-0.05, 0) is 80.1 Å². The largest absolute Gasteiger partial charge is 0.494 e. The van der Waals surface area contributed by atoms with Gasteiger partial charge in [0.05, 0.1) is 6.61 Å². The molecule has 0 radical (unpaired) electrons. The first-order chi connectivity index (χ1) is 14.5. The van der Waals surface area contributed by atoms with Crippen molar-refractivity contribution in [3.05, 3.63) is 64.7 Å². The van der Waals surface area contributed by atoms with Gasteiger partial charge in [0.1, 0.15) is 17.4 Å². The summed E-state index contributed by atoms with van der Waals surface area (Å²) in [4.78, 5) is 24.8. The lowest BCUT2D eigenvalue weighted by Crippen LogP contribution is -2.30. The molecule has 154 valence electrons. The zero-order valence-electron chi connectivity index (χ0n) is 17.1. The maximum absolute atomic E-state index is 12.4. The number of nitriles is 1. The first-order valence-electron chi connectivity index (χ1n) is 9.98. The minimum Gasteiger partial charge on any atom is -0.494 e. The van der Waals surface area contributed by atoms with E-state index >= 15 is 0 Å². The summed E-state index contributed by atoms with van der Waals surface area (Å²) < 4.78 is 10.6. The highest BCUT2D eigenvalue weighted by molar-refractivity contribution is 6.01. The van der Waals surface area contributed by atoms with Crippen molar-refractivity contribution in [1.29, 1.82) is 5.26 Å². The maximum Gasteiger partial charge on any atom is 0.349 e. The summed E-state index contributed by atoms with van der Waals surface area (Å²) >= 11 is 0. The van der Waals surface area contributed by atoms with E-state index in [0.717, 1.165) is 19.3 Å². The average molecular weight is 404 g/mol. The summed E-state index contributed by atoms with van der Waals surface area (Å²) in [5, 5.41) is 12.1. The van der Waals surface area contributed by atoms with Crippen LogP contribution in [0.3, 0.4) is 0 Å². The molecule has 1 N–H and O–H groups in total. The van der Waals surface area contributed by atoms with E-state index in [0.29, 0.717) is 23.6 Å². The fourth-order valence-corrected chi connectivity index (χ4v) is 3.30. The number of fused-ring (bicyclic) bond motifs is 1. The summed E-state index contributed by atoms with van der Waals surface area (Å²) in [6, 6.07) is 14.6. The van der Waals surface area contributed by atoms with E-state index in [9.17, 15) is 14.9 Å². The van der Waals surface area contributed by atoms with Gasteiger partial charge >= 0.3 is 5.97 Å². The Morgan fingerprint density at radius 2 is 1.90 bits per heavy atom. The molecule has 0 fully saturated rings. The molecule has 2 aromatic carbocycles. The Morgan fingerprint density at radius 1 is 1.17 bits per heavy atom. The number of carbonyl (C=O) groups is 2. The quantitative estimate of drug-likeness (QED) is 0.427. The fourth-order valence-electron chi connectivity index (χ4n) is 3.30. The summed E-state index contributed by atoms with van der Waals surface area (Å²) in [6.45, 7) is 3.92. The number of benzene rings is 2. The molecule has 0 unspecified atom stereocenters. The van der Waals surface area contributed by atoms with Crippen LogP contribution in [-0.2, 0) is 27.2 Å². The van der Waals surface area contributed by atoms with Crippen LogP contribution in [0.15, 0.2) is 48.0 Å². The number of carbonyl (C=O) groups excluding carboxylic acids is 2. The van der Waals surface area contributed by atoms with Crippen molar-refractivity contribution in [2.24, 2.45) is 0 Å². The molecule has 0 aliphatic heterocycles. The van der Waals surface area contributed by atoms with Crippen molar-refractivity contribution in [2.45, 2.75) is 39.2 Å². The Balaban J connectivity index is 1.61. The minimum atomic E-state index is -1.04. The number of amides is 1. The number of esters is 1. The number of ether oxygens (including phenoxy) is 2. The number of hydrogen-bond acceptors (Lipinski definition) is 5. The highest BCUT2D eigenvalue weighted by Crippen LogP contribution is 2.25.